The molecule has 2 fully saturated rings. The number of fused-ring (bicyclic) bond motifs is 3. The van der Waals surface area contributed by atoms with Gasteiger partial charge in [0.1, 0.15) is 0 Å². The van der Waals surface area contributed by atoms with Gasteiger partial charge in [0.05, 0.1) is 0 Å². The molecule has 4 unspecified atom stereocenters. The summed E-state index contributed by atoms with van der Waals surface area (Å²) >= 11 is 1.90. The van der Waals surface area contributed by atoms with E-state index in [1.165, 1.54) is 42.2 Å². The number of likely N-dealkylation sites (N-methyl/N-ethyl adjacent to an activating group) is 1. The van der Waals surface area contributed by atoms with Crippen molar-refractivity contribution >= 4 is 21.4 Å². The summed E-state index contributed by atoms with van der Waals surface area (Å²) in [6.07, 6.45) is 7.16. The maximum Gasteiger partial charge on any atom is 0.0345 e. The van der Waals surface area contributed by atoms with E-state index in [0.29, 0.717) is 6.04 Å². The predicted octanol–water partition coefficient (Wildman–Crippen LogP) is 4.47. The Morgan fingerprint density at radius 1 is 1.25 bits per heavy atom. The van der Waals surface area contributed by atoms with Crippen molar-refractivity contribution in [2.45, 2.75) is 38.1 Å². The quantitative estimate of drug-likeness (QED) is 0.874. The molecule has 0 radical (unpaired) electrons. The van der Waals surface area contributed by atoms with Crippen LogP contribution in [-0.2, 0) is 6.42 Å². The van der Waals surface area contributed by atoms with Crippen LogP contribution in [0.15, 0.2) is 29.6 Å². The average molecular weight is 285 g/mol. The van der Waals surface area contributed by atoms with Crippen LogP contribution in [0, 0.1) is 17.8 Å². The van der Waals surface area contributed by atoms with Crippen LogP contribution in [0.4, 0.5) is 0 Å². The van der Waals surface area contributed by atoms with Crippen LogP contribution in [0.2, 0.25) is 0 Å². The number of hydrogen-bond donors (Lipinski definition) is 1. The molecule has 0 amide bonds. The maximum atomic E-state index is 3.64. The van der Waals surface area contributed by atoms with Gasteiger partial charge in [-0.15, -0.1) is 11.3 Å². The minimum Gasteiger partial charge on any atom is -0.316 e. The Kier molecular flexibility index (Phi) is 3.31. The second-order valence-electron chi connectivity index (χ2n) is 6.70. The topological polar surface area (TPSA) is 12.0 Å². The van der Waals surface area contributed by atoms with Gasteiger partial charge in [0.15, 0.2) is 0 Å². The zero-order chi connectivity index (χ0) is 13.5. The molecular weight excluding hydrogens is 262 g/mol. The van der Waals surface area contributed by atoms with E-state index in [-0.39, 0.29) is 0 Å². The minimum atomic E-state index is 0.670. The predicted molar refractivity (Wildman–Crippen MR) is 87.3 cm³/mol. The summed E-state index contributed by atoms with van der Waals surface area (Å²) in [6, 6.07) is 9.52. The zero-order valence-electron chi connectivity index (χ0n) is 12.1. The van der Waals surface area contributed by atoms with Gasteiger partial charge in [-0.3, -0.25) is 0 Å². The highest BCUT2D eigenvalue weighted by Gasteiger charge is 2.42. The molecule has 1 heterocycles. The molecule has 20 heavy (non-hydrogen) atoms. The lowest BCUT2D eigenvalue weighted by molar-refractivity contribution is 0.256. The third-order valence-electron chi connectivity index (χ3n) is 5.68. The van der Waals surface area contributed by atoms with Crippen molar-refractivity contribution in [3.8, 4) is 0 Å². The molecule has 4 atom stereocenters. The number of nitrogens with one attached hydrogen (secondary N) is 1. The van der Waals surface area contributed by atoms with Crippen LogP contribution in [0.25, 0.3) is 10.1 Å². The van der Waals surface area contributed by atoms with E-state index >= 15 is 0 Å². The fourth-order valence-corrected chi connectivity index (χ4v) is 5.66. The van der Waals surface area contributed by atoms with Gasteiger partial charge >= 0.3 is 0 Å². The smallest absolute Gasteiger partial charge is 0.0345 e. The molecule has 2 aliphatic carbocycles. The largest absolute Gasteiger partial charge is 0.316 e. The molecule has 1 aromatic heterocycles. The Bertz CT molecular complexity index is 602. The molecule has 0 saturated heterocycles. The first-order valence-corrected chi connectivity index (χ1v) is 8.85. The summed E-state index contributed by atoms with van der Waals surface area (Å²) in [5.74, 6) is 2.96. The van der Waals surface area contributed by atoms with Crippen molar-refractivity contribution in [2.75, 3.05) is 7.05 Å². The van der Waals surface area contributed by atoms with Crippen LogP contribution >= 0.6 is 11.3 Å². The van der Waals surface area contributed by atoms with Crippen molar-refractivity contribution in [3.63, 3.8) is 0 Å². The first-order valence-electron chi connectivity index (χ1n) is 7.97. The lowest BCUT2D eigenvalue weighted by Gasteiger charge is -2.30. The van der Waals surface area contributed by atoms with Crippen molar-refractivity contribution in [2.24, 2.45) is 17.8 Å². The standard InChI is InChI=1S/C18H23NS/c1-19-17(16-9-12-6-7-13(16)8-12)10-14-11-20-18-5-3-2-4-15(14)18/h2-5,11-13,16-17,19H,6-10H2,1H3. The Morgan fingerprint density at radius 3 is 2.90 bits per heavy atom. The number of benzene rings is 1. The lowest BCUT2D eigenvalue weighted by Crippen LogP contribution is -2.38. The number of hydrogen-bond acceptors (Lipinski definition) is 2. The van der Waals surface area contributed by atoms with Gasteiger partial charge in [0.2, 0.25) is 0 Å². The highest BCUT2D eigenvalue weighted by atomic mass is 32.1. The summed E-state index contributed by atoms with van der Waals surface area (Å²) in [5, 5.41) is 7.49. The van der Waals surface area contributed by atoms with Crippen molar-refractivity contribution in [3.05, 3.63) is 35.2 Å². The summed E-state index contributed by atoms with van der Waals surface area (Å²) in [7, 11) is 2.16. The van der Waals surface area contributed by atoms with E-state index in [4.69, 9.17) is 0 Å². The molecule has 4 rings (SSSR count). The van der Waals surface area contributed by atoms with E-state index < -0.39 is 0 Å². The minimum absolute atomic E-state index is 0.670. The lowest BCUT2D eigenvalue weighted by atomic mass is 9.81. The third-order valence-corrected chi connectivity index (χ3v) is 6.69. The molecule has 0 aliphatic heterocycles. The van der Waals surface area contributed by atoms with E-state index in [1.807, 2.05) is 11.3 Å². The SMILES string of the molecule is CNC(Cc1csc2ccccc12)C1CC2CCC1C2. The van der Waals surface area contributed by atoms with Crippen LogP contribution in [0.3, 0.4) is 0 Å². The molecule has 1 aromatic carbocycles. The molecule has 2 heteroatoms. The van der Waals surface area contributed by atoms with Crippen LogP contribution < -0.4 is 5.32 Å². The molecule has 2 aliphatic rings. The fraction of sp³-hybridized carbons (Fsp3) is 0.556. The summed E-state index contributed by atoms with van der Waals surface area (Å²) < 4.78 is 1.44. The van der Waals surface area contributed by atoms with Crippen molar-refractivity contribution in [1.29, 1.82) is 0 Å². The maximum absolute atomic E-state index is 3.64. The average Bonchev–Trinajstić information content (AvgIpc) is 3.20. The normalized spacial score (nSPS) is 30.1. The molecule has 2 bridgehead atoms. The second-order valence-corrected chi connectivity index (χ2v) is 7.61. The van der Waals surface area contributed by atoms with Crippen LogP contribution in [-0.4, -0.2) is 13.1 Å². The Labute approximate surface area is 125 Å². The van der Waals surface area contributed by atoms with Gasteiger partial charge in [-0.2, -0.15) is 0 Å². The third kappa shape index (κ3) is 2.10. The Hall–Kier alpha value is -0.860. The molecular formula is C18H23NS. The van der Waals surface area contributed by atoms with Gasteiger partial charge in [-0.05, 0) is 72.9 Å². The Balaban J connectivity index is 1.57. The van der Waals surface area contributed by atoms with Crippen LogP contribution in [0.1, 0.15) is 31.2 Å². The summed E-state index contributed by atoms with van der Waals surface area (Å²) in [6.45, 7) is 0. The van der Waals surface area contributed by atoms with Gasteiger partial charge in [-0.1, -0.05) is 24.6 Å². The molecule has 106 valence electrons. The van der Waals surface area contributed by atoms with Gasteiger partial charge in [0.25, 0.3) is 0 Å². The van der Waals surface area contributed by atoms with Gasteiger partial charge in [0, 0.05) is 10.7 Å². The van der Waals surface area contributed by atoms with Gasteiger partial charge < -0.3 is 5.32 Å². The Morgan fingerprint density at radius 2 is 2.15 bits per heavy atom. The van der Waals surface area contributed by atoms with E-state index in [1.54, 1.807) is 5.56 Å². The molecule has 2 aromatic rings. The first kappa shape index (κ1) is 12.8. The van der Waals surface area contributed by atoms with E-state index in [2.05, 4.69) is 42.0 Å². The van der Waals surface area contributed by atoms with Crippen molar-refractivity contribution in [1.82, 2.24) is 5.32 Å². The zero-order valence-corrected chi connectivity index (χ0v) is 13.0. The second kappa shape index (κ2) is 5.16. The molecule has 2 saturated carbocycles. The first-order chi connectivity index (χ1) is 9.85. The summed E-state index contributed by atoms with van der Waals surface area (Å²) in [4.78, 5) is 0. The van der Waals surface area contributed by atoms with Crippen molar-refractivity contribution < 1.29 is 0 Å². The van der Waals surface area contributed by atoms with E-state index in [9.17, 15) is 0 Å². The van der Waals surface area contributed by atoms with E-state index in [0.717, 1.165) is 17.8 Å². The highest BCUT2D eigenvalue weighted by Crippen LogP contribution is 2.50. The number of thiophene rings is 1. The molecule has 0 spiro atoms. The highest BCUT2D eigenvalue weighted by molar-refractivity contribution is 7.17. The molecule has 1 nitrogen and oxygen atoms in total. The monoisotopic (exact) mass is 285 g/mol. The van der Waals surface area contributed by atoms with Gasteiger partial charge in [-0.25, -0.2) is 0 Å². The number of rotatable bonds is 4. The van der Waals surface area contributed by atoms with Crippen LogP contribution in [0.5, 0.6) is 0 Å². The fourth-order valence-electron chi connectivity index (χ4n) is 4.68. The summed E-state index contributed by atoms with van der Waals surface area (Å²) in [5.41, 5.74) is 1.55. The molecule has 1 N–H and O–H groups in total.